The lowest BCUT2D eigenvalue weighted by atomic mass is 9.95. The maximum atomic E-state index is 9.70. The second-order valence-corrected chi connectivity index (χ2v) is 12.3. The lowest BCUT2D eigenvalue weighted by molar-refractivity contribution is 0.669. The Morgan fingerprint density at radius 3 is 1.34 bits per heavy atom. The van der Waals surface area contributed by atoms with Gasteiger partial charge in [-0.25, -0.2) is 0 Å². The predicted octanol–water partition coefficient (Wildman–Crippen LogP) is 12.4. The first kappa shape index (κ1) is 29.0. The van der Waals surface area contributed by atoms with Crippen LogP contribution in [0.4, 0.5) is 17.1 Å². The third-order valence-electron chi connectivity index (χ3n) is 9.58. The topological polar surface area (TPSA) is 64.0 Å². The molecule has 0 aliphatic rings. The van der Waals surface area contributed by atoms with Crippen LogP contribution in [0.2, 0.25) is 0 Å². The lowest BCUT2D eigenvalue weighted by Gasteiger charge is -2.26. The second-order valence-electron chi connectivity index (χ2n) is 12.3. The predicted molar refractivity (Wildman–Crippen MR) is 204 cm³/mol. The monoisotopic (exact) mass is 637 g/mol. The second kappa shape index (κ2) is 11.8. The van der Waals surface area contributed by atoms with Gasteiger partial charge < -0.3 is 9.32 Å². The molecule has 0 radical (unpaired) electrons. The molecular formula is C46H27N3O. The van der Waals surface area contributed by atoms with E-state index in [-0.39, 0.29) is 0 Å². The molecule has 0 bridgehead atoms. The van der Waals surface area contributed by atoms with Gasteiger partial charge in [-0.15, -0.1) is 0 Å². The Morgan fingerprint density at radius 1 is 0.380 bits per heavy atom. The van der Waals surface area contributed by atoms with Crippen LogP contribution >= 0.6 is 0 Å². The number of nitrogens with zero attached hydrogens (tertiary/aromatic N) is 3. The van der Waals surface area contributed by atoms with Crippen molar-refractivity contribution in [2.45, 2.75) is 0 Å². The van der Waals surface area contributed by atoms with E-state index in [0.717, 1.165) is 82.8 Å². The Hall–Kier alpha value is -7.14. The van der Waals surface area contributed by atoms with Crippen LogP contribution in [-0.2, 0) is 0 Å². The first-order valence-electron chi connectivity index (χ1n) is 16.5. The molecule has 9 rings (SSSR count). The minimum Gasteiger partial charge on any atom is -0.456 e. The Balaban J connectivity index is 1.17. The summed E-state index contributed by atoms with van der Waals surface area (Å²) in [5, 5.41) is 25.6. The Bertz CT molecular complexity index is 2690. The summed E-state index contributed by atoms with van der Waals surface area (Å²) < 4.78 is 6.17. The summed E-state index contributed by atoms with van der Waals surface area (Å²) in [5.41, 5.74) is 10.4. The van der Waals surface area contributed by atoms with Crippen LogP contribution in [0.1, 0.15) is 11.1 Å². The van der Waals surface area contributed by atoms with E-state index in [9.17, 15) is 10.5 Å². The van der Waals surface area contributed by atoms with Crippen molar-refractivity contribution < 1.29 is 4.42 Å². The highest BCUT2D eigenvalue weighted by Crippen LogP contribution is 2.41. The molecule has 4 heteroatoms. The highest BCUT2D eigenvalue weighted by atomic mass is 16.3. The van der Waals surface area contributed by atoms with Crippen LogP contribution in [0.25, 0.3) is 65.7 Å². The van der Waals surface area contributed by atoms with Crippen molar-refractivity contribution in [3.05, 3.63) is 175 Å². The van der Waals surface area contributed by atoms with Crippen LogP contribution in [-0.4, -0.2) is 0 Å². The molecule has 0 spiro atoms. The molecule has 0 amide bonds. The van der Waals surface area contributed by atoms with Gasteiger partial charge in [0, 0.05) is 38.6 Å². The third-order valence-corrected chi connectivity index (χ3v) is 9.58. The number of hydrogen-bond acceptors (Lipinski definition) is 4. The zero-order valence-corrected chi connectivity index (χ0v) is 26.8. The summed E-state index contributed by atoms with van der Waals surface area (Å²) in [7, 11) is 0. The molecule has 50 heavy (non-hydrogen) atoms. The van der Waals surface area contributed by atoms with Gasteiger partial charge in [0.25, 0.3) is 0 Å². The van der Waals surface area contributed by atoms with Gasteiger partial charge in [-0.05, 0) is 93.7 Å². The minimum absolute atomic E-state index is 0.673. The average Bonchev–Trinajstić information content (AvgIpc) is 3.56. The molecule has 4 nitrogen and oxygen atoms in total. The molecule has 1 aromatic heterocycles. The molecule has 8 aromatic carbocycles. The lowest BCUT2D eigenvalue weighted by Crippen LogP contribution is -2.09. The molecule has 9 aromatic rings. The largest absolute Gasteiger partial charge is 0.456 e. The van der Waals surface area contributed by atoms with Crippen LogP contribution in [0, 0.1) is 22.7 Å². The van der Waals surface area contributed by atoms with Crippen molar-refractivity contribution in [3.63, 3.8) is 0 Å². The van der Waals surface area contributed by atoms with Crippen molar-refractivity contribution in [3.8, 4) is 34.4 Å². The molecule has 0 aliphatic heterocycles. The molecule has 0 unspecified atom stereocenters. The van der Waals surface area contributed by atoms with Gasteiger partial charge in [0.1, 0.15) is 11.2 Å². The Morgan fingerprint density at radius 2 is 0.820 bits per heavy atom. The number of furan rings is 1. The highest BCUT2D eigenvalue weighted by Gasteiger charge is 2.17. The number of hydrogen-bond donors (Lipinski definition) is 0. The van der Waals surface area contributed by atoms with Crippen molar-refractivity contribution in [1.82, 2.24) is 0 Å². The SMILES string of the molecule is N#Cc1ccc(-c2ccc(N(c3ccc(-c4ccc(C#N)c5ccccc45)cc3)c3ccc4oc5ccccc5c4c3)cc2)c2ccccc12. The van der Waals surface area contributed by atoms with E-state index in [1.807, 2.05) is 84.9 Å². The van der Waals surface area contributed by atoms with Crippen molar-refractivity contribution >= 4 is 60.5 Å². The summed E-state index contributed by atoms with van der Waals surface area (Å²) in [6, 6.07) is 60.4. The number of anilines is 3. The number of benzene rings is 8. The summed E-state index contributed by atoms with van der Waals surface area (Å²) in [6.07, 6.45) is 0. The number of nitriles is 2. The summed E-state index contributed by atoms with van der Waals surface area (Å²) in [6.45, 7) is 0. The minimum atomic E-state index is 0.673. The quantitative estimate of drug-likeness (QED) is 0.188. The van der Waals surface area contributed by atoms with Crippen molar-refractivity contribution in [2.75, 3.05) is 4.90 Å². The van der Waals surface area contributed by atoms with Gasteiger partial charge in [0.15, 0.2) is 0 Å². The van der Waals surface area contributed by atoms with E-state index < -0.39 is 0 Å². The van der Waals surface area contributed by atoms with Crippen LogP contribution < -0.4 is 4.90 Å². The summed E-state index contributed by atoms with van der Waals surface area (Å²) >= 11 is 0. The normalized spacial score (nSPS) is 11.2. The molecule has 0 fully saturated rings. The molecule has 0 saturated heterocycles. The van der Waals surface area contributed by atoms with Crippen molar-refractivity contribution in [2.24, 2.45) is 0 Å². The zero-order valence-electron chi connectivity index (χ0n) is 26.8. The highest BCUT2D eigenvalue weighted by molar-refractivity contribution is 6.07. The van der Waals surface area contributed by atoms with Gasteiger partial charge in [0.05, 0.1) is 23.3 Å². The standard InChI is InChI=1S/C46H27N3O/c47-28-32-17-24-39(41-9-3-1-7-37(32)41)30-13-19-34(20-14-30)49(36-23-26-46-44(27-36)43-11-5-6-12-45(43)50-46)35-21-15-31(16-22-35)40-25-18-33(29-48)38-8-2-4-10-42(38)40/h1-27H. The van der Waals surface area contributed by atoms with Gasteiger partial charge in [-0.3, -0.25) is 0 Å². The van der Waals surface area contributed by atoms with E-state index in [1.165, 1.54) is 0 Å². The fraction of sp³-hybridized carbons (Fsp3) is 0. The fourth-order valence-electron chi connectivity index (χ4n) is 7.18. The Labute approximate surface area is 288 Å². The number of para-hydroxylation sites is 1. The molecule has 232 valence electrons. The van der Waals surface area contributed by atoms with E-state index in [4.69, 9.17) is 4.42 Å². The fourth-order valence-corrected chi connectivity index (χ4v) is 7.18. The van der Waals surface area contributed by atoms with Gasteiger partial charge in [0.2, 0.25) is 0 Å². The molecule has 0 atom stereocenters. The first-order chi connectivity index (χ1) is 24.7. The molecule has 0 aliphatic carbocycles. The third kappa shape index (κ3) is 4.75. The zero-order chi connectivity index (χ0) is 33.6. The Kier molecular flexibility index (Phi) is 6.87. The molecule has 0 saturated carbocycles. The van der Waals surface area contributed by atoms with E-state index in [2.05, 4.69) is 95.9 Å². The van der Waals surface area contributed by atoms with Gasteiger partial charge in [-0.2, -0.15) is 10.5 Å². The molecule has 1 heterocycles. The van der Waals surface area contributed by atoms with E-state index >= 15 is 0 Å². The first-order valence-corrected chi connectivity index (χ1v) is 16.5. The molecular weight excluding hydrogens is 611 g/mol. The van der Waals surface area contributed by atoms with Gasteiger partial charge in [-0.1, -0.05) is 103 Å². The maximum Gasteiger partial charge on any atom is 0.135 e. The smallest absolute Gasteiger partial charge is 0.135 e. The van der Waals surface area contributed by atoms with Crippen molar-refractivity contribution in [1.29, 1.82) is 10.5 Å². The van der Waals surface area contributed by atoms with E-state index in [0.29, 0.717) is 11.1 Å². The number of rotatable bonds is 5. The molecule has 0 N–H and O–H groups in total. The number of fused-ring (bicyclic) bond motifs is 5. The van der Waals surface area contributed by atoms with Crippen LogP contribution in [0.3, 0.4) is 0 Å². The van der Waals surface area contributed by atoms with Gasteiger partial charge >= 0.3 is 0 Å². The van der Waals surface area contributed by atoms with E-state index in [1.54, 1.807) is 0 Å². The average molecular weight is 638 g/mol. The summed E-state index contributed by atoms with van der Waals surface area (Å²) in [4.78, 5) is 2.27. The van der Waals surface area contributed by atoms with Crippen LogP contribution in [0.15, 0.2) is 168 Å². The summed E-state index contributed by atoms with van der Waals surface area (Å²) in [5.74, 6) is 0. The van der Waals surface area contributed by atoms with Crippen LogP contribution in [0.5, 0.6) is 0 Å². The maximum absolute atomic E-state index is 9.70.